The summed E-state index contributed by atoms with van der Waals surface area (Å²) in [7, 11) is 1.63. The monoisotopic (exact) mass is 239 g/mol. The lowest BCUT2D eigenvalue weighted by molar-refractivity contribution is 0.0706. The molecule has 0 atom stereocenters. The first-order chi connectivity index (χ1) is 7.69. The molecule has 0 aliphatic rings. The van der Waals surface area contributed by atoms with E-state index >= 15 is 0 Å². The molecule has 0 aromatic heterocycles. The van der Waals surface area contributed by atoms with E-state index in [1.165, 1.54) is 0 Å². The van der Waals surface area contributed by atoms with Crippen LogP contribution >= 0.6 is 12.6 Å². The van der Waals surface area contributed by atoms with Crippen molar-refractivity contribution in [2.24, 2.45) is 0 Å². The molecule has 0 aliphatic carbocycles. The normalized spacial score (nSPS) is 10.2. The molecule has 0 fully saturated rings. The summed E-state index contributed by atoms with van der Waals surface area (Å²) in [6, 6.07) is 7.22. The number of likely N-dealkylation sites (N-methyl/N-ethyl adjacent to an activating group) is 1. The van der Waals surface area contributed by atoms with E-state index in [1.54, 1.807) is 24.1 Å². The van der Waals surface area contributed by atoms with Crippen molar-refractivity contribution in [3.8, 4) is 0 Å². The van der Waals surface area contributed by atoms with Crippen LogP contribution in [0.25, 0.3) is 0 Å². The van der Waals surface area contributed by atoms with Gasteiger partial charge in [-0.3, -0.25) is 4.79 Å². The Morgan fingerprint density at radius 1 is 1.38 bits per heavy atom. The molecule has 0 saturated heterocycles. The van der Waals surface area contributed by atoms with Crippen molar-refractivity contribution in [2.45, 2.75) is 11.8 Å². The van der Waals surface area contributed by atoms with Crippen molar-refractivity contribution in [3.05, 3.63) is 29.8 Å². The van der Waals surface area contributed by atoms with Crippen molar-refractivity contribution in [1.29, 1.82) is 0 Å². The van der Waals surface area contributed by atoms with Gasteiger partial charge >= 0.3 is 0 Å². The molecule has 16 heavy (non-hydrogen) atoms. The molecule has 0 spiro atoms. The lowest BCUT2D eigenvalue weighted by Gasteiger charge is -2.20. The minimum absolute atomic E-state index is 0.0351. The maximum absolute atomic E-state index is 12.0. The van der Waals surface area contributed by atoms with Gasteiger partial charge in [0.15, 0.2) is 0 Å². The number of methoxy groups -OCH3 is 1. The molecule has 0 saturated carbocycles. The summed E-state index contributed by atoms with van der Waals surface area (Å²) < 4.78 is 4.97. The lowest BCUT2D eigenvalue weighted by Crippen LogP contribution is -2.33. The minimum atomic E-state index is 0.0351. The van der Waals surface area contributed by atoms with E-state index in [0.29, 0.717) is 25.3 Å². The number of carbonyl (C=O) groups is 1. The first-order valence-corrected chi connectivity index (χ1v) is 5.71. The predicted octanol–water partition coefficient (Wildman–Crippen LogP) is 2.08. The summed E-state index contributed by atoms with van der Waals surface area (Å²) in [6.45, 7) is 3.82. The van der Waals surface area contributed by atoms with E-state index in [0.717, 1.165) is 4.90 Å². The average molecular weight is 239 g/mol. The second kappa shape index (κ2) is 6.55. The number of hydrogen-bond acceptors (Lipinski definition) is 3. The number of nitrogens with zero attached hydrogens (tertiary/aromatic N) is 1. The molecule has 0 radical (unpaired) electrons. The highest BCUT2D eigenvalue weighted by Gasteiger charge is 2.12. The Hall–Kier alpha value is -1.00. The van der Waals surface area contributed by atoms with Gasteiger partial charge in [0.1, 0.15) is 0 Å². The quantitative estimate of drug-likeness (QED) is 0.797. The van der Waals surface area contributed by atoms with E-state index in [9.17, 15) is 4.79 Å². The number of amides is 1. The largest absolute Gasteiger partial charge is 0.383 e. The molecule has 3 nitrogen and oxygen atoms in total. The molecule has 0 unspecified atom stereocenters. The molecule has 1 aromatic carbocycles. The minimum Gasteiger partial charge on any atom is -0.383 e. The molecule has 0 aliphatic heterocycles. The van der Waals surface area contributed by atoms with Crippen LogP contribution < -0.4 is 0 Å². The zero-order chi connectivity index (χ0) is 12.0. The zero-order valence-corrected chi connectivity index (χ0v) is 10.5. The van der Waals surface area contributed by atoms with Crippen LogP contribution in [0.15, 0.2) is 29.2 Å². The molecule has 0 N–H and O–H groups in total. The van der Waals surface area contributed by atoms with Gasteiger partial charge in [0.05, 0.1) is 6.61 Å². The van der Waals surface area contributed by atoms with Gasteiger partial charge in [0.2, 0.25) is 0 Å². The third-order valence-corrected chi connectivity index (χ3v) is 2.65. The topological polar surface area (TPSA) is 29.5 Å². The number of carbonyl (C=O) groups excluding carboxylic acids is 1. The Kier molecular flexibility index (Phi) is 5.35. The van der Waals surface area contributed by atoms with E-state index in [2.05, 4.69) is 12.6 Å². The number of hydrogen-bond donors (Lipinski definition) is 1. The van der Waals surface area contributed by atoms with Crippen LogP contribution in [-0.4, -0.2) is 37.6 Å². The second-order valence-electron chi connectivity index (χ2n) is 3.42. The van der Waals surface area contributed by atoms with Crippen LogP contribution in [-0.2, 0) is 4.74 Å². The van der Waals surface area contributed by atoms with Crippen molar-refractivity contribution < 1.29 is 9.53 Å². The number of benzene rings is 1. The molecule has 88 valence electrons. The molecule has 1 rings (SSSR count). The zero-order valence-electron chi connectivity index (χ0n) is 9.64. The Morgan fingerprint density at radius 3 is 2.50 bits per heavy atom. The van der Waals surface area contributed by atoms with E-state index in [-0.39, 0.29) is 5.91 Å². The van der Waals surface area contributed by atoms with Crippen LogP contribution in [0, 0.1) is 0 Å². The van der Waals surface area contributed by atoms with Crippen molar-refractivity contribution in [2.75, 3.05) is 26.8 Å². The van der Waals surface area contributed by atoms with Crippen LogP contribution in [0.3, 0.4) is 0 Å². The van der Waals surface area contributed by atoms with Gasteiger partial charge in [-0.15, -0.1) is 12.6 Å². The molecular formula is C12H17NO2S. The summed E-state index contributed by atoms with van der Waals surface area (Å²) >= 11 is 4.19. The maximum Gasteiger partial charge on any atom is 0.253 e. The summed E-state index contributed by atoms with van der Waals surface area (Å²) in [5.74, 6) is 0.0351. The van der Waals surface area contributed by atoms with Crippen LogP contribution in [0.4, 0.5) is 0 Å². The highest BCUT2D eigenvalue weighted by Crippen LogP contribution is 2.10. The fourth-order valence-electron chi connectivity index (χ4n) is 1.39. The highest BCUT2D eigenvalue weighted by atomic mass is 32.1. The van der Waals surface area contributed by atoms with Crippen molar-refractivity contribution in [3.63, 3.8) is 0 Å². The SMILES string of the molecule is CCN(CCOC)C(=O)c1ccc(S)cc1. The average Bonchev–Trinajstić information content (AvgIpc) is 2.30. The molecule has 1 aromatic rings. The van der Waals surface area contributed by atoms with Gasteiger partial charge in [-0.2, -0.15) is 0 Å². The molecule has 1 amide bonds. The van der Waals surface area contributed by atoms with Gasteiger partial charge in [-0.05, 0) is 31.2 Å². The third kappa shape index (κ3) is 3.54. The smallest absolute Gasteiger partial charge is 0.253 e. The van der Waals surface area contributed by atoms with Gasteiger partial charge < -0.3 is 9.64 Å². The standard InChI is InChI=1S/C12H17NO2S/c1-3-13(8-9-15-2)12(14)10-4-6-11(16)7-5-10/h4-7,16H,3,8-9H2,1-2H3. The lowest BCUT2D eigenvalue weighted by atomic mass is 10.2. The molecular weight excluding hydrogens is 222 g/mol. The summed E-state index contributed by atoms with van der Waals surface area (Å²) in [5, 5.41) is 0. The molecule has 4 heteroatoms. The Bertz CT molecular complexity index is 337. The third-order valence-electron chi connectivity index (χ3n) is 2.35. The summed E-state index contributed by atoms with van der Waals surface area (Å²) in [5.41, 5.74) is 0.691. The van der Waals surface area contributed by atoms with Gasteiger partial charge in [-0.25, -0.2) is 0 Å². The second-order valence-corrected chi connectivity index (χ2v) is 3.94. The van der Waals surface area contributed by atoms with Crippen LogP contribution in [0.5, 0.6) is 0 Å². The van der Waals surface area contributed by atoms with E-state index in [1.807, 2.05) is 19.1 Å². The van der Waals surface area contributed by atoms with E-state index in [4.69, 9.17) is 4.74 Å². The number of ether oxygens (including phenoxy) is 1. The highest BCUT2D eigenvalue weighted by molar-refractivity contribution is 7.80. The number of thiol groups is 1. The molecule has 0 heterocycles. The van der Waals surface area contributed by atoms with Crippen LogP contribution in [0.1, 0.15) is 17.3 Å². The Balaban J connectivity index is 2.70. The fraction of sp³-hybridized carbons (Fsp3) is 0.417. The van der Waals surface area contributed by atoms with E-state index < -0.39 is 0 Å². The maximum atomic E-state index is 12.0. The van der Waals surface area contributed by atoms with Crippen LogP contribution in [0.2, 0.25) is 0 Å². The van der Waals surface area contributed by atoms with Gasteiger partial charge in [-0.1, -0.05) is 0 Å². The first kappa shape index (κ1) is 13.1. The van der Waals surface area contributed by atoms with Crippen molar-refractivity contribution >= 4 is 18.5 Å². The Labute approximate surface area is 102 Å². The first-order valence-electron chi connectivity index (χ1n) is 5.26. The Morgan fingerprint density at radius 2 is 2.00 bits per heavy atom. The van der Waals surface area contributed by atoms with Gasteiger partial charge in [0.25, 0.3) is 5.91 Å². The molecule has 0 bridgehead atoms. The fourth-order valence-corrected chi connectivity index (χ4v) is 1.54. The van der Waals surface area contributed by atoms with Crippen molar-refractivity contribution in [1.82, 2.24) is 4.90 Å². The summed E-state index contributed by atoms with van der Waals surface area (Å²) in [4.78, 5) is 14.7. The van der Waals surface area contributed by atoms with Gasteiger partial charge in [0, 0.05) is 30.7 Å². The summed E-state index contributed by atoms with van der Waals surface area (Å²) in [6.07, 6.45) is 0. The number of rotatable bonds is 5. The predicted molar refractivity (Wildman–Crippen MR) is 67.1 cm³/mol.